The van der Waals surface area contributed by atoms with Crippen LogP contribution in [0.15, 0.2) is 24.8 Å². The third-order valence-electron chi connectivity index (χ3n) is 0.478. The second kappa shape index (κ2) is 12.0. The van der Waals surface area contributed by atoms with Gasteiger partial charge in [-0.3, -0.25) is 0 Å². The average Bonchev–Trinajstić information content (AvgIpc) is 2.12. The number of aromatic nitrogens is 2. The van der Waals surface area contributed by atoms with Crippen molar-refractivity contribution in [1.29, 1.82) is 0 Å². The fourth-order valence-electron chi connectivity index (χ4n) is 0.253. The minimum absolute atomic E-state index is 1.50. The summed E-state index contributed by atoms with van der Waals surface area (Å²) in [6, 6.07) is 1.78. The summed E-state index contributed by atoms with van der Waals surface area (Å²) >= 11 is 0. The van der Waals surface area contributed by atoms with E-state index in [4.69, 9.17) is 57.7 Å². The Morgan fingerprint density at radius 3 is 0.810 bits per heavy atom. The molecule has 126 valence electrons. The molecule has 0 saturated carbocycles. The second-order valence-electron chi connectivity index (χ2n) is 2.25. The topological polar surface area (TPSA) is 285 Å². The van der Waals surface area contributed by atoms with Gasteiger partial charge in [-0.15, -0.1) is 0 Å². The van der Waals surface area contributed by atoms with Crippen molar-refractivity contribution in [2.75, 3.05) is 0 Å². The molecule has 0 aliphatic rings. The normalized spacial score (nSPS) is 10.7. The lowest BCUT2D eigenvalue weighted by atomic mass is 10.7. The van der Waals surface area contributed by atoms with Crippen molar-refractivity contribution in [3.63, 3.8) is 0 Å². The van der Waals surface area contributed by atoms with Gasteiger partial charge in [0.25, 0.3) is 0 Å². The van der Waals surface area contributed by atoms with Crippen LogP contribution in [0.4, 0.5) is 0 Å². The summed E-state index contributed by atoms with van der Waals surface area (Å²) in [4.78, 5) is 84.3. The summed E-state index contributed by atoms with van der Waals surface area (Å²) in [5.41, 5.74) is 0. The minimum Gasteiger partial charge on any atom is -0.822 e. The number of hydrogen-bond donors (Lipinski definition) is 0. The van der Waals surface area contributed by atoms with Gasteiger partial charge >= 0.3 is 0 Å². The zero-order valence-electron chi connectivity index (χ0n) is 9.44. The van der Waals surface area contributed by atoms with Crippen molar-refractivity contribution in [1.82, 2.24) is 9.97 Å². The van der Waals surface area contributed by atoms with Crippen molar-refractivity contribution < 1.29 is 57.7 Å². The van der Waals surface area contributed by atoms with Gasteiger partial charge in [0.05, 0.1) is 0 Å². The van der Waals surface area contributed by atoms with Crippen molar-refractivity contribution in [3.8, 4) is 0 Å². The van der Waals surface area contributed by atoms with E-state index in [-0.39, 0.29) is 0 Å². The van der Waals surface area contributed by atoms with Gasteiger partial charge in [0.15, 0.2) is 0 Å². The number of rotatable bonds is 0. The number of phosphoric acid groups is 3. The Balaban J connectivity index is -0.000000207. The van der Waals surface area contributed by atoms with Crippen LogP contribution in [0.2, 0.25) is 0 Å². The molecule has 0 atom stereocenters. The summed E-state index contributed by atoms with van der Waals surface area (Å²) in [5, 5.41) is 0. The Morgan fingerprint density at radius 2 is 0.762 bits per heavy atom. The highest BCUT2D eigenvalue weighted by atomic mass is 31.2. The highest BCUT2D eigenvalue weighted by Gasteiger charge is 1.59. The average molecular weight is 365 g/mol. The monoisotopic (exact) mass is 365 g/mol. The summed E-state index contributed by atoms with van der Waals surface area (Å²) in [6.07, 6.45) is 4.88. The van der Waals surface area contributed by atoms with Crippen molar-refractivity contribution in [3.05, 3.63) is 24.8 Å². The van der Waals surface area contributed by atoms with Gasteiger partial charge in [0, 0.05) is 12.4 Å². The van der Waals surface area contributed by atoms with Crippen molar-refractivity contribution in [2.45, 2.75) is 0 Å². The lowest BCUT2D eigenvalue weighted by Crippen LogP contribution is -2.24. The van der Waals surface area contributed by atoms with Gasteiger partial charge in [-0.25, -0.2) is 9.97 Å². The molecule has 1 heterocycles. The van der Waals surface area contributed by atoms with Gasteiger partial charge in [0.1, 0.15) is 6.33 Å². The molecule has 14 nitrogen and oxygen atoms in total. The van der Waals surface area contributed by atoms with Gasteiger partial charge in [-0.1, -0.05) is 0 Å². The van der Waals surface area contributed by atoms with E-state index in [9.17, 15) is 0 Å². The van der Waals surface area contributed by atoms with E-state index in [0.717, 1.165) is 0 Å². The molecule has 0 aromatic carbocycles. The zero-order valence-corrected chi connectivity index (χ0v) is 12.1. The van der Waals surface area contributed by atoms with Crippen LogP contribution in [0.5, 0.6) is 0 Å². The van der Waals surface area contributed by atoms with E-state index in [2.05, 4.69) is 9.97 Å². The molecule has 0 spiro atoms. The van der Waals surface area contributed by atoms with Crippen molar-refractivity contribution >= 4 is 23.5 Å². The van der Waals surface area contributed by atoms with Crippen LogP contribution in [0.1, 0.15) is 0 Å². The molecule has 0 aliphatic heterocycles. The zero-order chi connectivity index (χ0) is 17.7. The lowest BCUT2D eigenvalue weighted by Gasteiger charge is -2.36. The van der Waals surface area contributed by atoms with E-state index in [0.29, 0.717) is 0 Å². The Kier molecular flexibility index (Phi) is 14.5. The maximum Gasteiger partial charge on any atom is 0.115 e. The van der Waals surface area contributed by atoms with E-state index in [1.54, 1.807) is 18.5 Å². The lowest BCUT2D eigenvalue weighted by molar-refractivity contribution is -0.434. The largest absolute Gasteiger partial charge is 0.822 e. The molecule has 0 N–H and O–H groups in total. The highest BCUT2D eigenvalue weighted by Crippen LogP contribution is 2.04. The molecule has 21 heavy (non-hydrogen) atoms. The fraction of sp³-hybridized carbons (Fsp3) is 0. The van der Waals surface area contributed by atoms with Crippen molar-refractivity contribution in [2.24, 2.45) is 0 Å². The number of nitrogens with zero attached hydrogens (tertiary/aromatic N) is 2. The van der Waals surface area contributed by atoms with E-state index < -0.39 is 23.5 Å². The Morgan fingerprint density at radius 1 is 0.571 bits per heavy atom. The molecule has 1 rings (SSSR count). The minimum atomic E-state index is -5.39. The van der Waals surface area contributed by atoms with Crippen LogP contribution >= 0.6 is 23.5 Å². The summed E-state index contributed by atoms with van der Waals surface area (Å²) in [5.74, 6) is 0. The highest BCUT2D eigenvalue weighted by molar-refractivity contribution is 7.40. The van der Waals surface area contributed by atoms with Crippen LogP contribution < -0.4 is 44.0 Å². The van der Waals surface area contributed by atoms with E-state index in [1.165, 1.54) is 6.33 Å². The Labute approximate surface area is 117 Å². The molecule has 0 fully saturated rings. The van der Waals surface area contributed by atoms with E-state index in [1.807, 2.05) is 0 Å². The maximum absolute atomic E-state index is 8.55. The van der Waals surface area contributed by atoms with Crippen LogP contribution in [-0.2, 0) is 13.7 Å². The SMILES string of the molecule is O=P([O-])([O-])[O-].O=P([O-])([O-])[O-].O=P([O-])([O-])[O-].c1cncnc1. The second-order valence-corrected chi connectivity index (χ2v) is 4.93. The van der Waals surface area contributed by atoms with Crippen LogP contribution in [-0.4, -0.2) is 9.97 Å². The molecular formula is C4H4N2O12P3-9. The summed E-state index contributed by atoms with van der Waals surface area (Å²) in [6.45, 7) is 0. The first-order valence-corrected chi connectivity index (χ1v) is 8.27. The first-order valence-electron chi connectivity index (χ1n) is 3.89. The maximum atomic E-state index is 8.55. The van der Waals surface area contributed by atoms with Crippen LogP contribution in [0.25, 0.3) is 0 Å². The summed E-state index contributed by atoms with van der Waals surface area (Å²) in [7, 11) is -16.2. The molecule has 0 radical (unpaired) electrons. The van der Waals surface area contributed by atoms with E-state index >= 15 is 0 Å². The van der Waals surface area contributed by atoms with Gasteiger partial charge in [-0.05, 0) is 6.07 Å². The quantitative estimate of drug-likeness (QED) is 0.386. The third-order valence-corrected chi connectivity index (χ3v) is 0.478. The Hall–Kier alpha value is -0.590. The number of hydrogen-bond acceptors (Lipinski definition) is 14. The predicted molar refractivity (Wildman–Crippen MR) is 44.9 cm³/mol. The standard InChI is InChI=1S/C4H4N2.3H3O4P/c1-2-5-4-6-3-1;3*1-5(2,3)4/h1-4H;3*(H3,1,2,3,4)/p-9. The molecule has 17 heteroatoms. The van der Waals surface area contributed by atoms with Crippen LogP contribution in [0.3, 0.4) is 0 Å². The molecule has 0 amide bonds. The Bertz CT molecular complexity index is 377. The molecule has 0 aliphatic carbocycles. The molecule has 1 aromatic rings. The fourth-order valence-corrected chi connectivity index (χ4v) is 0.253. The molecule has 0 unspecified atom stereocenters. The first-order chi connectivity index (χ1) is 9.00. The third kappa shape index (κ3) is 201. The molecular weight excluding hydrogens is 361 g/mol. The first kappa shape index (κ1) is 25.4. The van der Waals surface area contributed by atoms with Crippen LogP contribution in [0, 0.1) is 0 Å². The molecule has 0 bridgehead atoms. The smallest absolute Gasteiger partial charge is 0.115 e. The van der Waals surface area contributed by atoms with Gasteiger partial charge in [0.2, 0.25) is 0 Å². The van der Waals surface area contributed by atoms with Gasteiger partial charge < -0.3 is 57.7 Å². The summed E-state index contributed by atoms with van der Waals surface area (Å²) < 4.78 is 25.6. The van der Waals surface area contributed by atoms with Gasteiger partial charge in [-0.2, -0.15) is 23.5 Å². The molecule has 1 aromatic heterocycles. The molecule has 0 saturated heterocycles. The predicted octanol–water partition coefficient (Wildman–Crippen LogP) is -8.00.